The van der Waals surface area contributed by atoms with Crippen molar-refractivity contribution in [2.24, 2.45) is 0 Å². The van der Waals surface area contributed by atoms with Crippen LogP contribution >= 0.6 is 0 Å². The quantitative estimate of drug-likeness (QED) is 0.0228. The summed E-state index contributed by atoms with van der Waals surface area (Å²) < 4.78 is 28.5. The van der Waals surface area contributed by atoms with Gasteiger partial charge in [-0.15, -0.1) is 0 Å². The topological polar surface area (TPSA) is 175 Å². The molecule has 1 heterocycles. The molecule has 1 fully saturated rings. The summed E-state index contributed by atoms with van der Waals surface area (Å²) >= 11 is 0. The van der Waals surface area contributed by atoms with E-state index in [9.17, 15) is 34.5 Å². The van der Waals surface area contributed by atoms with Gasteiger partial charge in [-0.25, -0.2) is 4.79 Å². The molecule has 0 aliphatic carbocycles. The number of ether oxygens (including phenoxy) is 5. The van der Waals surface area contributed by atoms with Gasteiger partial charge in [0.1, 0.15) is 18.8 Å². The number of hydrogen-bond acceptors (Lipinski definition) is 11. The highest BCUT2D eigenvalue weighted by atomic mass is 16.7. The van der Waals surface area contributed by atoms with Crippen LogP contribution in [-0.4, -0.2) is 89.2 Å². The number of aliphatic hydroxyl groups excluding tert-OH is 2. The van der Waals surface area contributed by atoms with Crippen molar-refractivity contribution >= 4 is 23.9 Å². The van der Waals surface area contributed by atoms with E-state index in [1.54, 1.807) is 0 Å². The second kappa shape index (κ2) is 58.3. The van der Waals surface area contributed by atoms with Crippen LogP contribution in [0, 0.1) is 0 Å². The van der Waals surface area contributed by atoms with E-state index in [0.29, 0.717) is 19.3 Å². The van der Waals surface area contributed by atoms with Gasteiger partial charge >= 0.3 is 23.9 Å². The zero-order valence-corrected chi connectivity index (χ0v) is 52.7. The molecule has 0 aromatic rings. The maximum Gasteiger partial charge on any atom is 0.335 e. The third-order valence-corrected chi connectivity index (χ3v) is 15.0. The van der Waals surface area contributed by atoms with Crippen molar-refractivity contribution < 1.29 is 58.2 Å². The molecule has 0 aromatic carbocycles. The van der Waals surface area contributed by atoms with Crippen LogP contribution in [0.1, 0.15) is 290 Å². The second-order valence-corrected chi connectivity index (χ2v) is 22.7. The van der Waals surface area contributed by atoms with Crippen LogP contribution in [-0.2, 0) is 42.9 Å². The summed E-state index contributed by atoms with van der Waals surface area (Å²) in [5.74, 6) is -3.16. The molecule has 6 unspecified atom stereocenters. The van der Waals surface area contributed by atoms with Crippen molar-refractivity contribution in [3.8, 4) is 0 Å². The molecule has 0 saturated carbocycles. The van der Waals surface area contributed by atoms with Crippen molar-refractivity contribution in [3.63, 3.8) is 0 Å². The van der Waals surface area contributed by atoms with E-state index in [1.807, 2.05) is 0 Å². The van der Waals surface area contributed by atoms with Crippen LogP contribution in [0.3, 0.4) is 0 Å². The minimum atomic E-state index is -1.92. The van der Waals surface area contributed by atoms with Crippen molar-refractivity contribution in [2.75, 3.05) is 13.2 Å². The number of aliphatic hydroxyl groups is 2. The Hall–Kier alpha value is -4.10. The van der Waals surface area contributed by atoms with Crippen LogP contribution in [0.2, 0.25) is 0 Å². The minimum Gasteiger partial charge on any atom is -0.479 e. The predicted octanol–water partition coefficient (Wildman–Crippen LogP) is 18.2. The van der Waals surface area contributed by atoms with Crippen molar-refractivity contribution in [2.45, 2.75) is 327 Å². The Balaban J connectivity index is 2.67. The molecule has 0 radical (unpaired) electrons. The van der Waals surface area contributed by atoms with Crippen LogP contribution < -0.4 is 0 Å². The molecule has 1 saturated heterocycles. The Bertz CT molecular complexity index is 1760. The SMILES string of the molecule is CC/C=C\C/C=C\C/C=C\C/C=C\C/C=C\CCCCCC(=O)OC1C(OCC(COC(=O)CCCCCCCCC/C=C\C/C=C\CCCCC)OC(=O)CCCCCCCCCCCCCCCCCCC)OC(C(=O)O)C(O)C1O. The highest BCUT2D eigenvalue weighted by molar-refractivity contribution is 5.74. The summed E-state index contributed by atoms with van der Waals surface area (Å²) in [5.41, 5.74) is 0. The first-order valence-electron chi connectivity index (χ1n) is 33.6. The van der Waals surface area contributed by atoms with Crippen LogP contribution in [0.15, 0.2) is 85.1 Å². The Labute approximate surface area is 505 Å². The third-order valence-electron chi connectivity index (χ3n) is 15.0. The van der Waals surface area contributed by atoms with Gasteiger partial charge in [0.25, 0.3) is 0 Å². The molecule has 12 heteroatoms. The lowest BCUT2D eigenvalue weighted by Gasteiger charge is -2.40. The summed E-state index contributed by atoms with van der Waals surface area (Å²) in [6.45, 7) is 5.88. The first kappa shape index (κ1) is 76.9. The number of esters is 3. The highest BCUT2D eigenvalue weighted by Gasteiger charge is 2.50. The van der Waals surface area contributed by atoms with E-state index in [4.69, 9.17) is 23.7 Å². The van der Waals surface area contributed by atoms with Crippen molar-refractivity contribution in [1.82, 2.24) is 0 Å². The van der Waals surface area contributed by atoms with Gasteiger partial charge in [0.15, 0.2) is 24.6 Å². The molecule has 1 rings (SSSR count). The Morgan fingerprint density at radius 1 is 0.410 bits per heavy atom. The summed E-state index contributed by atoms with van der Waals surface area (Å²) in [5, 5.41) is 31.6. The number of carboxylic acids is 1. The molecule has 6 atom stereocenters. The van der Waals surface area contributed by atoms with Gasteiger partial charge in [0.2, 0.25) is 0 Å². The Kier molecular flexibility index (Phi) is 54.0. The normalized spacial score (nSPS) is 18.1. The monoisotopic (exact) mass is 1160 g/mol. The minimum absolute atomic E-state index is 0.0191. The molecule has 0 spiro atoms. The van der Waals surface area contributed by atoms with E-state index in [2.05, 4.69) is 106 Å². The number of rotatable bonds is 57. The number of carbonyl (C=O) groups excluding carboxylic acids is 3. The zero-order valence-electron chi connectivity index (χ0n) is 52.7. The second-order valence-electron chi connectivity index (χ2n) is 22.7. The molecule has 3 N–H and O–H groups in total. The van der Waals surface area contributed by atoms with Gasteiger partial charge in [-0.2, -0.15) is 0 Å². The maximum atomic E-state index is 13.2. The van der Waals surface area contributed by atoms with Gasteiger partial charge in [0, 0.05) is 19.3 Å². The molecule has 1 aliphatic heterocycles. The number of carboxylic acid groups (broad SMARTS) is 1. The van der Waals surface area contributed by atoms with Crippen LogP contribution in [0.4, 0.5) is 0 Å². The number of allylic oxidation sites excluding steroid dienone is 14. The summed E-state index contributed by atoms with van der Waals surface area (Å²) in [6.07, 6.45) is 63.9. The fraction of sp³-hybridized carbons (Fsp3) is 0.746. The number of carbonyl (C=O) groups is 4. The molecule has 12 nitrogen and oxygen atoms in total. The summed E-state index contributed by atoms with van der Waals surface area (Å²) in [4.78, 5) is 51.4. The lowest BCUT2D eigenvalue weighted by Crippen LogP contribution is -2.61. The fourth-order valence-electron chi connectivity index (χ4n) is 9.84. The van der Waals surface area contributed by atoms with E-state index in [-0.39, 0.29) is 25.9 Å². The van der Waals surface area contributed by atoms with E-state index >= 15 is 0 Å². The van der Waals surface area contributed by atoms with E-state index < -0.39 is 67.3 Å². The maximum absolute atomic E-state index is 13.2. The molecular weight excluding hydrogens is 1040 g/mol. The first-order chi connectivity index (χ1) is 40.6. The molecule has 1 aliphatic rings. The average molecular weight is 1170 g/mol. The molecular formula is C71H120O12. The van der Waals surface area contributed by atoms with Crippen molar-refractivity contribution in [1.29, 1.82) is 0 Å². The first-order valence-corrected chi connectivity index (χ1v) is 33.6. The number of aliphatic carboxylic acids is 1. The lowest BCUT2D eigenvalue weighted by molar-refractivity contribution is -0.301. The van der Waals surface area contributed by atoms with Gasteiger partial charge in [0.05, 0.1) is 6.61 Å². The summed E-state index contributed by atoms with van der Waals surface area (Å²) in [6, 6.07) is 0. The van der Waals surface area contributed by atoms with E-state index in [1.165, 1.54) is 122 Å². The molecule has 0 amide bonds. The number of unbranched alkanes of at least 4 members (excludes halogenated alkanes) is 29. The van der Waals surface area contributed by atoms with Gasteiger partial charge < -0.3 is 39.0 Å². The summed E-state index contributed by atoms with van der Waals surface area (Å²) in [7, 11) is 0. The molecule has 0 aromatic heterocycles. The standard InChI is InChI=1S/C71H120O12/c1-4-7-10-13-16-19-22-25-28-31-32-35-38-41-44-47-50-53-56-59-65(74)82-69-67(76)66(75)68(70(77)78)83-71(69)80-61-62(81-64(73)58-55-52-49-46-43-40-37-34-30-27-24-21-18-15-12-9-6-3)60-79-63(72)57-54-51-48-45-42-39-36-33-29-26-23-20-17-14-11-8-5-2/h7,10,16-17,19-20,25-26,28-29,32,35,41,44,62,66-69,71,75-76H,4-6,8-9,11-15,18,21-24,27,30-31,33-34,36-40,42-43,45-61H2,1-3H3,(H,77,78)/b10-7-,19-16-,20-17-,28-25-,29-26-,35-32-,44-41-. The Morgan fingerprint density at radius 2 is 0.759 bits per heavy atom. The average Bonchev–Trinajstić information content (AvgIpc) is 3.55. The number of hydrogen-bond donors (Lipinski definition) is 3. The lowest BCUT2D eigenvalue weighted by atomic mass is 9.98. The predicted molar refractivity (Wildman–Crippen MR) is 340 cm³/mol. The van der Waals surface area contributed by atoms with Crippen LogP contribution in [0.25, 0.3) is 0 Å². The molecule has 83 heavy (non-hydrogen) atoms. The largest absolute Gasteiger partial charge is 0.479 e. The zero-order chi connectivity index (χ0) is 60.3. The molecule has 0 bridgehead atoms. The highest BCUT2D eigenvalue weighted by Crippen LogP contribution is 2.27. The van der Waals surface area contributed by atoms with E-state index in [0.717, 1.165) is 109 Å². The smallest absolute Gasteiger partial charge is 0.335 e. The third kappa shape index (κ3) is 47.8. The van der Waals surface area contributed by atoms with Crippen LogP contribution in [0.5, 0.6) is 0 Å². The van der Waals surface area contributed by atoms with Gasteiger partial charge in [-0.05, 0) is 96.3 Å². The molecule has 476 valence electrons. The fourth-order valence-corrected chi connectivity index (χ4v) is 9.84. The Morgan fingerprint density at radius 3 is 1.19 bits per heavy atom. The van der Waals surface area contributed by atoms with Gasteiger partial charge in [-0.1, -0.05) is 260 Å². The van der Waals surface area contributed by atoms with Gasteiger partial charge in [-0.3, -0.25) is 14.4 Å². The van der Waals surface area contributed by atoms with Crippen molar-refractivity contribution in [3.05, 3.63) is 85.1 Å².